The van der Waals surface area contributed by atoms with Crippen molar-refractivity contribution in [2.45, 2.75) is 63.1 Å². The quantitative estimate of drug-likeness (QED) is 0.580. The van der Waals surface area contributed by atoms with Crippen LogP contribution in [-0.2, 0) is 4.79 Å². The number of carbonyl (C=O) groups is 1. The highest BCUT2D eigenvalue weighted by Crippen LogP contribution is 2.19. The fraction of sp³-hybridized carbons (Fsp3) is 0.917. The van der Waals surface area contributed by atoms with Gasteiger partial charge in [-0.1, -0.05) is 0 Å². The average molecular weight is 226 g/mol. The molecule has 2 fully saturated rings. The standard InChI is InChI=1S/C12H22N2O2/c15-11-4-1-3-10(11)13-8-2-5-12(16)14-9-6-7-9/h9-11,13,15H,1-8H2,(H,14,16)/t10-,11-/m1/s1. The van der Waals surface area contributed by atoms with Crippen molar-refractivity contribution in [2.75, 3.05) is 6.54 Å². The Morgan fingerprint density at radius 2 is 2.06 bits per heavy atom. The molecule has 0 aromatic carbocycles. The highest BCUT2D eigenvalue weighted by molar-refractivity contribution is 5.76. The lowest BCUT2D eigenvalue weighted by atomic mass is 10.2. The molecule has 0 aromatic heterocycles. The van der Waals surface area contributed by atoms with Gasteiger partial charge in [0.25, 0.3) is 0 Å². The van der Waals surface area contributed by atoms with Crippen molar-refractivity contribution in [3.8, 4) is 0 Å². The van der Waals surface area contributed by atoms with Crippen molar-refractivity contribution >= 4 is 5.91 Å². The van der Waals surface area contributed by atoms with Crippen LogP contribution in [0.1, 0.15) is 44.9 Å². The van der Waals surface area contributed by atoms with Gasteiger partial charge in [-0.25, -0.2) is 0 Å². The number of aliphatic hydroxyl groups is 1. The van der Waals surface area contributed by atoms with Gasteiger partial charge in [0.2, 0.25) is 5.91 Å². The largest absolute Gasteiger partial charge is 0.392 e. The molecule has 0 aliphatic heterocycles. The van der Waals surface area contributed by atoms with Gasteiger partial charge in [0.05, 0.1) is 6.10 Å². The molecule has 0 unspecified atom stereocenters. The molecule has 0 saturated heterocycles. The maximum Gasteiger partial charge on any atom is 0.220 e. The third-order valence-electron chi connectivity index (χ3n) is 3.41. The van der Waals surface area contributed by atoms with Gasteiger partial charge in [-0.3, -0.25) is 4.79 Å². The lowest BCUT2D eigenvalue weighted by Gasteiger charge is -2.15. The number of carbonyl (C=O) groups excluding carboxylic acids is 1. The molecule has 4 nitrogen and oxygen atoms in total. The third-order valence-corrected chi connectivity index (χ3v) is 3.41. The molecule has 2 saturated carbocycles. The Morgan fingerprint density at radius 1 is 1.25 bits per heavy atom. The maximum absolute atomic E-state index is 11.4. The van der Waals surface area contributed by atoms with E-state index in [4.69, 9.17) is 0 Å². The fourth-order valence-electron chi connectivity index (χ4n) is 2.24. The number of aliphatic hydroxyl groups excluding tert-OH is 1. The van der Waals surface area contributed by atoms with Crippen molar-refractivity contribution < 1.29 is 9.90 Å². The van der Waals surface area contributed by atoms with Gasteiger partial charge < -0.3 is 15.7 Å². The monoisotopic (exact) mass is 226 g/mol. The fourth-order valence-corrected chi connectivity index (χ4v) is 2.24. The van der Waals surface area contributed by atoms with Gasteiger partial charge in [-0.15, -0.1) is 0 Å². The first-order valence-corrected chi connectivity index (χ1v) is 6.46. The van der Waals surface area contributed by atoms with E-state index in [1.54, 1.807) is 0 Å². The molecular formula is C12H22N2O2. The van der Waals surface area contributed by atoms with Crippen molar-refractivity contribution in [3.05, 3.63) is 0 Å². The molecule has 0 radical (unpaired) electrons. The Kier molecular flexibility index (Phi) is 4.18. The molecular weight excluding hydrogens is 204 g/mol. The van der Waals surface area contributed by atoms with Crippen molar-refractivity contribution in [3.63, 3.8) is 0 Å². The Labute approximate surface area is 96.8 Å². The normalized spacial score (nSPS) is 29.3. The molecule has 2 atom stereocenters. The molecule has 92 valence electrons. The summed E-state index contributed by atoms with van der Waals surface area (Å²) in [5.41, 5.74) is 0. The molecule has 2 aliphatic rings. The zero-order valence-corrected chi connectivity index (χ0v) is 9.74. The van der Waals surface area contributed by atoms with Crippen LogP contribution in [0.3, 0.4) is 0 Å². The van der Waals surface area contributed by atoms with E-state index in [1.807, 2.05) is 0 Å². The minimum absolute atomic E-state index is 0.177. The van der Waals surface area contributed by atoms with E-state index in [0.717, 1.165) is 45.1 Å². The Balaban J connectivity index is 1.49. The second-order valence-corrected chi connectivity index (χ2v) is 5.00. The number of hydrogen-bond acceptors (Lipinski definition) is 3. The molecule has 0 heterocycles. The lowest BCUT2D eigenvalue weighted by molar-refractivity contribution is -0.121. The van der Waals surface area contributed by atoms with Crippen LogP contribution < -0.4 is 10.6 Å². The first-order valence-electron chi connectivity index (χ1n) is 6.46. The maximum atomic E-state index is 11.4. The lowest BCUT2D eigenvalue weighted by Crippen LogP contribution is -2.36. The second kappa shape index (κ2) is 5.64. The highest BCUT2D eigenvalue weighted by Gasteiger charge is 2.24. The number of nitrogens with one attached hydrogen (secondary N) is 2. The minimum Gasteiger partial charge on any atom is -0.392 e. The minimum atomic E-state index is -0.180. The van der Waals surface area contributed by atoms with Gasteiger partial charge >= 0.3 is 0 Å². The van der Waals surface area contributed by atoms with E-state index in [-0.39, 0.29) is 18.1 Å². The van der Waals surface area contributed by atoms with Gasteiger partial charge in [-0.05, 0) is 45.1 Å². The average Bonchev–Trinajstić information content (AvgIpc) is 2.96. The Bertz CT molecular complexity index is 241. The smallest absolute Gasteiger partial charge is 0.220 e. The summed E-state index contributed by atoms with van der Waals surface area (Å²) < 4.78 is 0. The summed E-state index contributed by atoms with van der Waals surface area (Å²) in [6.45, 7) is 0.833. The van der Waals surface area contributed by atoms with Crippen LogP contribution in [0, 0.1) is 0 Å². The van der Waals surface area contributed by atoms with Gasteiger partial charge in [0, 0.05) is 18.5 Å². The summed E-state index contributed by atoms with van der Waals surface area (Å²) in [6.07, 6.45) is 6.68. The third kappa shape index (κ3) is 3.76. The number of amides is 1. The zero-order chi connectivity index (χ0) is 11.4. The van der Waals surface area contributed by atoms with E-state index in [1.165, 1.54) is 0 Å². The Morgan fingerprint density at radius 3 is 2.69 bits per heavy atom. The van der Waals surface area contributed by atoms with Gasteiger partial charge in [0.15, 0.2) is 0 Å². The van der Waals surface area contributed by atoms with Crippen LogP contribution in [0.25, 0.3) is 0 Å². The van der Waals surface area contributed by atoms with Crippen LogP contribution in [0.5, 0.6) is 0 Å². The summed E-state index contributed by atoms with van der Waals surface area (Å²) in [6, 6.07) is 0.726. The predicted octanol–water partition coefficient (Wildman–Crippen LogP) is 0.548. The molecule has 0 bridgehead atoms. The molecule has 2 aliphatic carbocycles. The van der Waals surface area contributed by atoms with E-state index >= 15 is 0 Å². The van der Waals surface area contributed by atoms with Crippen LogP contribution in [-0.4, -0.2) is 35.7 Å². The second-order valence-electron chi connectivity index (χ2n) is 5.00. The molecule has 0 aromatic rings. The predicted molar refractivity (Wildman–Crippen MR) is 62.0 cm³/mol. The first-order chi connectivity index (χ1) is 7.75. The highest BCUT2D eigenvalue weighted by atomic mass is 16.3. The molecule has 0 spiro atoms. The summed E-state index contributed by atoms with van der Waals surface area (Å²) in [7, 11) is 0. The van der Waals surface area contributed by atoms with Crippen LogP contribution in [0.4, 0.5) is 0 Å². The van der Waals surface area contributed by atoms with Crippen LogP contribution >= 0.6 is 0 Å². The Hall–Kier alpha value is -0.610. The van der Waals surface area contributed by atoms with Crippen LogP contribution in [0.15, 0.2) is 0 Å². The molecule has 16 heavy (non-hydrogen) atoms. The molecule has 4 heteroatoms. The van der Waals surface area contributed by atoms with Crippen molar-refractivity contribution in [2.24, 2.45) is 0 Å². The summed E-state index contributed by atoms with van der Waals surface area (Å²) in [5, 5.41) is 15.9. The SMILES string of the molecule is O=C(CCCN[C@@H]1CCC[C@H]1O)NC1CC1. The molecule has 3 N–H and O–H groups in total. The van der Waals surface area contributed by atoms with Crippen LogP contribution in [0.2, 0.25) is 0 Å². The van der Waals surface area contributed by atoms with E-state index in [0.29, 0.717) is 12.5 Å². The molecule has 1 amide bonds. The van der Waals surface area contributed by atoms with Crippen molar-refractivity contribution in [1.29, 1.82) is 0 Å². The van der Waals surface area contributed by atoms with Crippen molar-refractivity contribution in [1.82, 2.24) is 10.6 Å². The zero-order valence-electron chi connectivity index (χ0n) is 9.74. The van der Waals surface area contributed by atoms with Gasteiger partial charge in [0.1, 0.15) is 0 Å². The van der Waals surface area contributed by atoms with E-state index < -0.39 is 0 Å². The summed E-state index contributed by atoms with van der Waals surface area (Å²) >= 11 is 0. The van der Waals surface area contributed by atoms with E-state index in [2.05, 4.69) is 10.6 Å². The van der Waals surface area contributed by atoms with Gasteiger partial charge in [-0.2, -0.15) is 0 Å². The topological polar surface area (TPSA) is 61.4 Å². The first kappa shape index (κ1) is 11.9. The number of hydrogen-bond donors (Lipinski definition) is 3. The summed E-state index contributed by atoms with van der Waals surface area (Å²) in [5.74, 6) is 0.177. The van der Waals surface area contributed by atoms with E-state index in [9.17, 15) is 9.90 Å². The molecule has 2 rings (SSSR count). The number of rotatable bonds is 6. The summed E-state index contributed by atoms with van der Waals surface area (Å²) in [4.78, 5) is 11.4.